The number of fused-ring (bicyclic) bond motifs is 1. The number of halogens is 1. The van der Waals surface area contributed by atoms with E-state index >= 15 is 4.39 Å². The number of anilines is 1. The van der Waals surface area contributed by atoms with E-state index in [2.05, 4.69) is 35.5 Å². The molecule has 2 saturated heterocycles. The van der Waals surface area contributed by atoms with Crippen molar-refractivity contribution < 1.29 is 36.8 Å². The number of urea groups is 1. The minimum atomic E-state index is -4.15. The number of aromatic nitrogens is 4. The van der Waals surface area contributed by atoms with E-state index < -0.39 is 31.4 Å². The van der Waals surface area contributed by atoms with Gasteiger partial charge in [-0.15, -0.1) is 0 Å². The van der Waals surface area contributed by atoms with E-state index in [1.165, 1.54) is 12.4 Å². The third-order valence-corrected chi connectivity index (χ3v) is 9.31. The molecule has 0 saturated carbocycles. The van der Waals surface area contributed by atoms with Gasteiger partial charge in [0.15, 0.2) is 5.82 Å². The van der Waals surface area contributed by atoms with Gasteiger partial charge in [0.25, 0.3) is 0 Å². The Hall–Kier alpha value is -3.55. The van der Waals surface area contributed by atoms with E-state index in [1.807, 2.05) is 6.07 Å². The van der Waals surface area contributed by atoms with Gasteiger partial charge in [-0.25, -0.2) is 28.7 Å². The van der Waals surface area contributed by atoms with Gasteiger partial charge in [-0.1, -0.05) is 0 Å². The van der Waals surface area contributed by atoms with Gasteiger partial charge in [0, 0.05) is 61.9 Å². The molecule has 17 heteroatoms. The van der Waals surface area contributed by atoms with Crippen molar-refractivity contribution in [1.82, 2.24) is 30.2 Å². The highest BCUT2D eigenvalue weighted by molar-refractivity contribution is 7.48. The highest BCUT2D eigenvalue weighted by atomic mass is 31.2. The lowest BCUT2D eigenvalue weighted by Crippen LogP contribution is -2.38. The van der Waals surface area contributed by atoms with Crippen molar-refractivity contribution in [2.75, 3.05) is 64.5 Å². The fraction of sp³-hybridized carbons (Fsp3) is 0.567. The van der Waals surface area contributed by atoms with E-state index in [0.717, 1.165) is 19.5 Å². The number of nitrogens with one attached hydrogen (secondary N) is 3. The molecule has 254 valence electrons. The first kappa shape index (κ1) is 34.8. The lowest BCUT2D eigenvalue weighted by atomic mass is 9.98. The molecular weight excluding hydrogens is 634 g/mol. The molecule has 2 aliphatic heterocycles. The van der Waals surface area contributed by atoms with Crippen molar-refractivity contribution in [2.24, 2.45) is 0 Å². The molecule has 15 nitrogen and oxygen atoms in total. The number of benzene rings is 1. The Morgan fingerprint density at radius 2 is 1.98 bits per heavy atom. The molecule has 2 amide bonds. The molecule has 4 heterocycles. The highest BCUT2D eigenvalue weighted by Gasteiger charge is 2.38. The zero-order valence-corrected chi connectivity index (χ0v) is 27.6. The maximum absolute atomic E-state index is 16.3. The number of aromatic amines is 1. The maximum Gasteiger partial charge on any atom is 0.475 e. The van der Waals surface area contributed by atoms with Crippen LogP contribution in [0.15, 0.2) is 18.5 Å². The number of hydrogen-bond donors (Lipinski definition) is 3. The lowest BCUT2D eigenvalue weighted by Gasteiger charge is -2.30. The van der Waals surface area contributed by atoms with Crippen molar-refractivity contribution in [3.05, 3.63) is 35.7 Å². The number of hydrogen-bond acceptors (Lipinski definition) is 12. The van der Waals surface area contributed by atoms with Gasteiger partial charge < -0.3 is 19.8 Å². The van der Waals surface area contributed by atoms with Crippen molar-refractivity contribution in [3.63, 3.8) is 0 Å². The minimum Gasteiger partial charge on any atom is -0.379 e. The minimum absolute atomic E-state index is 0.00455. The molecule has 2 aromatic heterocycles. The Bertz CT molecular complexity index is 1620. The highest BCUT2D eigenvalue weighted by Crippen LogP contribution is 2.54. The predicted octanol–water partition coefficient (Wildman–Crippen LogP) is 4.79. The summed E-state index contributed by atoms with van der Waals surface area (Å²) in [5, 5.41) is 14.2. The Kier molecular flexibility index (Phi) is 11.5. The van der Waals surface area contributed by atoms with Gasteiger partial charge in [0.2, 0.25) is 5.95 Å². The Labute approximate surface area is 272 Å². The number of phosphoric ester groups is 1. The summed E-state index contributed by atoms with van der Waals surface area (Å²) in [7, 11) is -4.15. The quantitative estimate of drug-likeness (QED) is 0.157. The lowest BCUT2D eigenvalue weighted by molar-refractivity contribution is 0.00969. The number of ether oxygens (including phenoxy) is 2. The summed E-state index contributed by atoms with van der Waals surface area (Å²) < 4.78 is 58.2. The van der Waals surface area contributed by atoms with Crippen LogP contribution < -0.4 is 10.6 Å². The van der Waals surface area contributed by atoms with Crippen LogP contribution in [-0.4, -0.2) is 90.1 Å². The second-order valence-electron chi connectivity index (χ2n) is 11.5. The number of nitriles is 1. The van der Waals surface area contributed by atoms with Gasteiger partial charge in [0.1, 0.15) is 11.4 Å². The third kappa shape index (κ3) is 8.68. The SMILES string of the molecule is CCNC(=O)Nc1nc2c(C3CCCO3)c(F)c(-c3cnc(C(C)(C)OP(=O)(OCCC#N)OCCN4CCOCC4)nc3)cc2[nH]1. The molecule has 3 aromatic rings. The molecule has 0 aliphatic carbocycles. The Morgan fingerprint density at radius 1 is 1.23 bits per heavy atom. The molecule has 2 atom stereocenters. The molecule has 2 fully saturated rings. The molecule has 47 heavy (non-hydrogen) atoms. The standard InChI is InChI=1S/C30H40FN8O7P/c1-4-33-29(40)38-28-36-22-17-21(25(31)24(26(22)37-28)23-7-5-12-43-23)20-18-34-27(35-19-20)30(2,3)46-47(41,44-13-6-8-32)45-16-11-39-9-14-42-15-10-39/h17-19,23H,4-7,9-16H2,1-3H3,(H3,33,36,37,38,40). The molecule has 2 aliphatic rings. The molecule has 1 aromatic carbocycles. The maximum atomic E-state index is 16.3. The number of phosphoric acid groups is 1. The second kappa shape index (κ2) is 15.6. The number of imidazole rings is 1. The van der Waals surface area contributed by atoms with Crippen LogP contribution in [0.5, 0.6) is 0 Å². The van der Waals surface area contributed by atoms with Crippen LogP contribution in [0.4, 0.5) is 15.1 Å². The third-order valence-electron chi connectivity index (χ3n) is 7.63. The van der Waals surface area contributed by atoms with Crippen LogP contribution in [0.2, 0.25) is 0 Å². The fourth-order valence-electron chi connectivity index (χ4n) is 5.33. The van der Waals surface area contributed by atoms with Gasteiger partial charge in [-0.3, -0.25) is 23.8 Å². The van der Waals surface area contributed by atoms with Gasteiger partial charge >= 0.3 is 13.9 Å². The van der Waals surface area contributed by atoms with E-state index in [-0.39, 0.29) is 42.5 Å². The first-order valence-corrected chi connectivity index (χ1v) is 17.1. The zero-order valence-electron chi connectivity index (χ0n) is 26.7. The molecule has 3 N–H and O–H groups in total. The summed E-state index contributed by atoms with van der Waals surface area (Å²) in [6.45, 7) is 9.04. The van der Waals surface area contributed by atoms with Crippen LogP contribution in [0, 0.1) is 17.1 Å². The summed E-state index contributed by atoms with van der Waals surface area (Å²) in [4.78, 5) is 30.6. The number of carbonyl (C=O) groups is 1. The predicted molar refractivity (Wildman–Crippen MR) is 169 cm³/mol. The summed E-state index contributed by atoms with van der Waals surface area (Å²) in [6.07, 6.45) is 3.77. The van der Waals surface area contributed by atoms with Crippen LogP contribution in [-0.2, 0) is 33.2 Å². The molecule has 0 radical (unpaired) electrons. The number of H-pyrrole nitrogens is 1. The van der Waals surface area contributed by atoms with Gasteiger partial charge in [-0.05, 0) is 39.7 Å². The number of rotatable bonds is 14. The number of amides is 2. The van der Waals surface area contributed by atoms with Crippen molar-refractivity contribution >= 4 is 30.8 Å². The molecule has 0 spiro atoms. The first-order chi connectivity index (χ1) is 22.6. The monoisotopic (exact) mass is 674 g/mol. The Morgan fingerprint density at radius 3 is 2.66 bits per heavy atom. The number of nitrogens with zero attached hydrogens (tertiary/aromatic N) is 5. The summed E-state index contributed by atoms with van der Waals surface area (Å²) >= 11 is 0. The van der Waals surface area contributed by atoms with Crippen molar-refractivity contribution in [2.45, 2.75) is 51.7 Å². The molecular formula is C30H40FN8O7P. The average molecular weight is 675 g/mol. The second-order valence-corrected chi connectivity index (χ2v) is 13.1. The molecule has 0 bridgehead atoms. The van der Waals surface area contributed by atoms with E-state index in [4.69, 9.17) is 28.3 Å². The van der Waals surface area contributed by atoms with Gasteiger partial charge in [-0.2, -0.15) is 5.26 Å². The topological polar surface area (TPSA) is 186 Å². The molecule has 2 unspecified atom stereocenters. The van der Waals surface area contributed by atoms with Crippen LogP contribution in [0.1, 0.15) is 57.5 Å². The van der Waals surface area contributed by atoms with E-state index in [9.17, 15) is 9.36 Å². The Balaban J connectivity index is 1.38. The molecule has 5 rings (SSSR count). The first-order valence-electron chi connectivity index (χ1n) is 15.6. The summed E-state index contributed by atoms with van der Waals surface area (Å²) in [6, 6.07) is 3.09. The normalized spacial score (nSPS) is 18.6. The average Bonchev–Trinajstić information content (AvgIpc) is 3.71. The number of carbonyl (C=O) groups excluding carboxylic acids is 1. The van der Waals surface area contributed by atoms with Gasteiger partial charge in [0.05, 0.1) is 56.1 Å². The van der Waals surface area contributed by atoms with Crippen LogP contribution >= 0.6 is 7.82 Å². The summed E-state index contributed by atoms with van der Waals surface area (Å²) in [5.41, 5.74) is 0.361. The van der Waals surface area contributed by atoms with Crippen LogP contribution in [0.25, 0.3) is 22.2 Å². The number of morpholine rings is 1. The van der Waals surface area contributed by atoms with E-state index in [0.29, 0.717) is 55.9 Å². The van der Waals surface area contributed by atoms with Crippen molar-refractivity contribution in [3.8, 4) is 17.2 Å². The van der Waals surface area contributed by atoms with Crippen molar-refractivity contribution in [1.29, 1.82) is 5.26 Å². The largest absolute Gasteiger partial charge is 0.475 e. The van der Waals surface area contributed by atoms with Crippen LogP contribution in [0.3, 0.4) is 0 Å². The smallest absolute Gasteiger partial charge is 0.379 e. The zero-order chi connectivity index (χ0) is 33.4. The fourth-order valence-corrected chi connectivity index (χ4v) is 6.77. The van der Waals surface area contributed by atoms with E-state index in [1.54, 1.807) is 26.8 Å². The summed E-state index contributed by atoms with van der Waals surface area (Å²) in [5.74, 6) is -0.213.